The summed E-state index contributed by atoms with van der Waals surface area (Å²) in [6.45, 7) is 0.0857. The van der Waals surface area contributed by atoms with Gasteiger partial charge in [0.2, 0.25) is 0 Å². The summed E-state index contributed by atoms with van der Waals surface area (Å²) >= 11 is 5.35. The lowest BCUT2D eigenvalue weighted by Crippen LogP contribution is -1.85. The lowest BCUT2D eigenvalue weighted by atomic mass is 10.1. The molecule has 0 aliphatic heterocycles. The summed E-state index contributed by atoms with van der Waals surface area (Å²) in [5.41, 5.74) is 3.96. The van der Waals surface area contributed by atoms with Gasteiger partial charge in [-0.1, -0.05) is 23.9 Å². The van der Waals surface area contributed by atoms with Crippen molar-refractivity contribution in [2.45, 2.75) is 35.7 Å². The molecule has 0 fully saturated rings. The van der Waals surface area contributed by atoms with Crippen LogP contribution in [0.3, 0.4) is 0 Å². The Morgan fingerprint density at radius 1 is 1.05 bits per heavy atom. The highest BCUT2D eigenvalue weighted by Gasteiger charge is 2.11. The van der Waals surface area contributed by atoms with Crippen molar-refractivity contribution in [3.63, 3.8) is 0 Å². The molecule has 0 heterocycles. The van der Waals surface area contributed by atoms with Crippen LogP contribution in [0.25, 0.3) is 0 Å². The average Bonchev–Trinajstić information content (AvgIpc) is 2.88. The Balaban J connectivity index is 1.85. The van der Waals surface area contributed by atoms with Crippen LogP contribution in [0.5, 0.6) is 0 Å². The largest absolute Gasteiger partial charge is 0.392 e. The van der Waals surface area contributed by atoms with Gasteiger partial charge in [-0.15, -0.1) is 0 Å². The number of aliphatic hydroxyl groups is 1. The summed E-state index contributed by atoms with van der Waals surface area (Å²) in [5, 5.41) is 9.12. The second-order valence-corrected chi connectivity index (χ2v) is 6.78. The first-order chi connectivity index (χ1) is 9.26. The molecule has 0 amide bonds. The minimum atomic E-state index is 0.0857. The maximum Gasteiger partial charge on any atom is 0.0682 e. The summed E-state index contributed by atoms with van der Waals surface area (Å²) in [6, 6.07) is 12.8. The van der Waals surface area contributed by atoms with Gasteiger partial charge in [-0.05, 0) is 76.1 Å². The van der Waals surface area contributed by atoms with Gasteiger partial charge in [-0.3, -0.25) is 0 Å². The topological polar surface area (TPSA) is 20.2 Å². The van der Waals surface area contributed by atoms with Crippen molar-refractivity contribution in [3.8, 4) is 0 Å². The molecule has 1 nitrogen and oxygen atoms in total. The summed E-state index contributed by atoms with van der Waals surface area (Å²) in [4.78, 5) is 2.48. The number of aliphatic hydroxyl groups excluding tert-OH is 1. The van der Waals surface area contributed by atoms with Gasteiger partial charge in [0.1, 0.15) is 0 Å². The first-order valence-electron chi connectivity index (χ1n) is 6.45. The molecule has 2 aromatic rings. The third-order valence-electron chi connectivity index (χ3n) is 3.48. The van der Waals surface area contributed by atoms with Gasteiger partial charge in [0, 0.05) is 14.3 Å². The lowest BCUT2D eigenvalue weighted by molar-refractivity contribution is 0.281. The van der Waals surface area contributed by atoms with E-state index in [1.807, 2.05) is 12.1 Å². The summed E-state index contributed by atoms with van der Waals surface area (Å²) < 4.78 is 1.05. The van der Waals surface area contributed by atoms with Crippen LogP contribution in [0.1, 0.15) is 23.1 Å². The molecule has 0 spiro atoms. The number of rotatable bonds is 3. The number of fused-ring (bicyclic) bond motifs is 1. The Morgan fingerprint density at radius 2 is 1.89 bits per heavy atom. The molecule has 0 unspecified atom stereocenters. The Bertz CT molecular complexity index is 610. The van der Waals surface area contributed by atoms with E-state index in [-0.39, 0.29) is 6.61 Å². The van der Waals surface area contributed by atoms with Gasteiger partial charge in [0.05, 0.1) is 6.61 Å². The average molecular weight is 335 g/mol. The van der Waals surface area contributed by atoms with E-state index in [2.05, 4.69) is 40.2 Å². The second-order valence-electron chi connectivity index (χ2n) is 4.81. The zero-order chi connectivity index (χ0) is 13.2. The fourth-order valence-corrected chi connectivity index (χ4v) is 4.02. The van der Waals surface area contributed by atoms with E-state index in [0.29, 0.717) is 0 Å². The van der Waals surface area contributed by atoms with Gasteiger partial charge in [0.25, 0.3) is 0 Å². The molecule has 2 aromatic carbocycles. The van der Waals surface area contributed by atoms with Gasteiger partial charge in [0.15, 0.2) is 0 Å². The van der Waals surface area contributed by atoms with Crippen LogP contribution in [0.15, 0.2) is 50.7 Å². The van der Waals surface area contributed by atoms with E-state index < -0.39 is 0 Å². The van der Waals surface area contributed by atoms with Crippen LogP contribution in [0.2, 0.25) is 0 Å². The van der Waals surface area contributed by atoms with Crippen LogP contribution in [0, 0.1) is 0 Å². The molecule has 3 heteroatoms. The Kier molecular flexibility index (Phi) is 3.96. The van der Waals surface area contributed by atoms with Crippen molar-refractivity contribution in [1.29, 1.82) is 0 Å². The normalized spacial score (nSPS) is 13.6. The molecule has 19 heavy (non-hydrogen) atoms. The van der Waals surface area contributed by atoms with Crippen LogP contribution in [-0.2, 0) is 19.4 Å². The van der Waals surface area contributed by atoms with Crippen molar-refractivity contribution < 1.29 is 5.11 Å². The Labute approximate surface area is 126 Å². The van der Waals surface area contributed by atoms with Gasteiger partial charge < -0.3 is 5.11 Å². The molecule has 1 N–H and O–H groups in total. The zero-order valence-electron chi connectivity index (χ0n) is 10.5. The Hall–Kier alpha value is -0.770. The fourth-order valence-electron chi connectivity index (χ4n) is 2.46. The molecule has 0 bridgehead atoms. The number of aryl methyl sites for hydroxylation is 2. The van der Waals surface area contributed by atoms with Crippen molar-refractivity contribution in [2.24, 2.45) is 0 Å². The van der Waals surface area contributed by atoms with Crippen LogP contribution >= 0.6 is 27.7 Å². The standard InChI is InChI=1S/C16H15BrOS/c17-15-8-11(10-18)4-7-16(15)19-14-6-5-12-2-1-3-13(12)9-14/h4-9,18H,1-3,10H2. The lowest BCUT2D eigenvalue weighted by Gasteiger charge is -2.08. The first-order valence-corrected chi connectivity index (χ1v) is 8.06. The van der Waals surface area contributed by atoms with E-state index in [4.69, 9.17) is 5.11 Å². The molecule has 0 aromatic heterocycles. The number of hydrogen-bond acceptors (Lipinski definition) is 2. The van der Waals surface area contributed by atoms with Crippen molar-refractivity contribution in [1.82, 2.24) is 0 Å². The van der Waals surface area contributed by atoms with Gasteiger partial charge in [-0.2, -0.15) is 0 Å². The smallest absolute Gasteiger partial charge is 0.0682 e. The van der Waals surface area contributed by atoms with Gasteiger partial charge in [-0.25, -0.2) is 0 Å². The summed E-state index contributed by atoms with van der Waals surface area (Å²) in [6.07, 6.45) is 3.74. The molecule has 1 aliphatic rings. The van der Waals surface area contributed by atoms with E-state index in [1.165, 1.54) is 40.2 Å². The fraction of sp³-hybridized carbons (Fsp3) is 0.250. The van der Waals surface area contributed by atoms with Crippen molar-refractivity contribution in [2.75, 3.05) is 0 Å². The maximum atomic E-state index is 9.12. The maximum absolute atomic E-state index is 9.12. The van der Waals surface area contributed by atoms with Crippen LogP contribution in [0.4, 0.5) is 0 Å². The molecule has 0 saturated heterocycles. The first kappa shape index (κ1) is 13.2. The predicted octanol–water partition coefficient (Wildman–Crippen LogP) is 4.58. The molecule has 1 aliphatic carbocycles. The minimum absolute atomic E-state index is 0.0857. The highest BCUT2D eigenvalue weighted by Crippen LogP contribution is 2.36. The summed E-state index contributed by atoms with van der Waals surface area (Å²) in [5.74, 6) is 0. The number of halogens is 1. The van der Waals surface area contributed by atoms with E-state index in [9.17, 15) is 0 Å². The number of benzene rings is 2. The zero-order valence-corrected chi connectivity index (χ0v) is 12.9. The molecule has 3 rings (SSSR count). The number of hydrogen-bond donors (Lipinski definition) is 1. The van der Waals surface area contributed by atoms with E-state index >= 15 is 0 Å². The monoisotopic (exact) mass is 334 g/mol. The third-order valence-corrected chi connectivity index (χ3v) is 5.46. The van der Waals surface area contributed by atoms with E-state index in [0.717, 1.165) is 10.0 Å². The molecular weight excluding hydrogens is 320 g/mol. The highest BCUT2D eigenvalue weighted by molar-refractivity contribution is 9.10. The third kappa shape index (κ3) is 2.88. The van der Waals surface area contributed by atoms with Crippen molar-refractivity contribution in [3.05, 3.63) is 57.6 Å². The molecule has 0 radical (unpaired) electrons. The second kappa shape index (κ2) is 5.70. The Morgan fingerprint density at radius 3 is 2.68 bits per heavy atom. The van der Waals surface area contributed by atoms with E-state index in [1.54, 1.807) is 11.8 Å². The predicted molar refractivity (Wildman–Crippen MR) is 82.7 cm³/mol. The van der Waals surface area contributed by atoms with Crippen LogP contribution in [-0.4, -0.2) is 5.11 Å². The quantitative estimate of drug-likeness (QED) is 0.886. The van der Waals surface area contributed by atoms with Crippen LogP contribution < -0.4 is 0 Å². The SMILES string of the molecule is OCc1ccc(Sc2ccc3c(c2)CCC3)c(Br)c1. The molecule has 0 saturated carbocycles. The molecular formula is C16H15BrOS. The summed E-state index contributed by atoms with van der Waals surface area (Å²) in [7, 11) is 0. The minimum Gasteiger partial charge on any atom is -0.392 e. The molecule has 98 valence electrons. The van der Waals surface area contributed by atoms with Gasteiger partial charge >= 0.3 is 0 Å². The van der Waals surface area contributed by atoms with Crippen molar-refractivity contribution >= 4 is 27.7 Å². The highest BCUT2D eigenvalue weighted by atomic mass is 79.9. The molecule has 0 atom stereocenters.